The lowest BCUT2D eigenvalue weighted by molar-refractivity contribution is -0.119. The van der Waals surface area contributed by atoms with E-state index in [4.69, 9.17) is 17.3 Å². The first-order valence-corrected chi connectivity index (χ1v) is 12.2. The van der Waals surface area contributed by atoms with E-state index in [0.29, 0.717) is 16.4 Å². The Morgan fingerprint density at radius 1 is 1.18 bits per heavy atom. The molecule has 0 spiro atoms. The molecule has 1 amide bonds. The number of aromatic nitrogens is 3. The summed E-state index contributed by atoms with van der Waals surface area (Å²) in [6.07, 6.45) is 1.35. The maximum atomic E-state index is 15.1. The van der Waals surface area contributed by atoms with Crippen molar-refractivity contribution in [3.05, 3.63) is 65.0 Å². The normalized spacial score (nSPS) is 18.2. The summed E-state index contributed by atoms with van der Waals surface area (Å²) < 4.78 is 42.3. The Kier molecular flexibility index (Phi) is 5.80. The lowest BCUT2D eigenvalue weighted by Crippen LogP contribution is -2.45. The van der Waals surface area contributed by atoms with Gasteiger partial charge in [0.25, 0.3) is 0 Å². The molecule has 0 saturated carbocycles. The molecule has 4 rings (SSSR count). The summed E-state index contributed by atoms with van der Waals surface area (Å²) in [4.78, 5) is 18.3. The molecule has 33 heavy (non-hydrogen) atoms. The maximum absolute atomic E-state index is 15.1. The molecule has 0 radical (unpaired) electrons. The van der Waals surface area contributed by atoms with Crippen molar-refractivity contribution in [3.8, 4) is 5.69 Å². The van der Waals surface area contributed by atoms with Gasteiger partial charge in [0.1, 0.15) is 17.8 Å². The van der Waals surface area contributed by atoms with Gasteiger partial charge in [-0.15, -0.1) is 0 Å². The number of fused-ring (bicyclic) bond motifs is 1. The average molecular weight is 492 g/mol. The van der Waals surface area contributed by atoms with E-state index in [0.717, 1.165) is 6.07 Å². The van der Waals surface area contributed by atoms with Gasteiger partial charge in [-0.05, 0) is 29.8 Å². The molecule has 0 saturated heterocycles. The molecule has 0 unspecified atom stereocenters. The van der Waals surface area contributed by atoms with Crippen LogP contribution in [0.4, 0.5) is 10.1 Å². The first-order chi connectivity index (χ1) is 15.4. The second-order valence-electron chi connectivity index (χ2n) is 8.97. The lowest BCUT2D eigenvalue weighted by atomic mass is 9.96. The summed E-state index contributed by atoms with van der Waals surface area (Å²) in [5.74, 6) is -1.52. The van der Waals surface area contributed by atoms with Gasteiger partial charge < -0.3 is 10.6 Å². The van der Waals surface area contributed by atoms with Crippen LogP contribution in [0, 0.1) is 5.82 Å². The second kappa shape index (κ2) is 8.19. The smallest absolute Gasteiger partial charge is 0.245 e. The number of sulfone groups is 1. The van der Waals surface area contributed by atoms with Crippen LogP contribution in [0.1, 0.15) is 32.2 Å². The zero-order valence-corrected chi connectivity index (χ0v) is 19.9. The van der Waals surface area contributed by atoms with E-state index in [9.17, 15) is 13.2 Å². The van der Waals surface area contributed by atoms with Crippen LogP contribution in [-0.2, 0) is 26.6 Å². The largest absolute Gasteiger partial charge is 0.319 e. The number of anilines is 1. The van der Waals surface area contributed by atoms with Crippen LogP contribution in [0.3, 0.4) is 0 Å². The standard InChI is InChI=1S/C22H23ClFN5O3S/c1-22(2,3)21-26-12-29(27-21)17-9-18-19(8-15(17)24)33(31,32)11-16(25)20(30)28(18)10-13-4-6-14(23)7-5-13/h4-9,12,16H,10-11,25H2,1-3H3/t16-/m0/s1. The van der Waals surface area contributed by atoms with Crippen molar-refractivity contribution in [2.75, 3.05) is 10.7 Å². The van der Waals surface area contributed by atoms with Crippen molar-refractivity contribution >= 4 is 33.0 Å². The molecule has 0 fully saturated rings. The van der Waals surface area contributed by atoms with Crippen LogP contribution in [0.2, 0.25) is 5.02 Å². The summed E-state index contributed by atoms with van der Waals surface area (Å²) in [6.45, 7) is 5.78. The number of hydrogen-bond acceptors (Lipinski definition) is 6. The van der Waals surface area contributed by atoms with Crippen LogP contribution in [0.25, 0.3) is 5.69 Å². The Labute approximate surface area is 196 Å². The summed E-state index contributed by atoms with van der Waals surface area (Å²) in [6, 6.07) is 7.69. The number of hydrogen-bond donors (Lipinski definition) is 1. The minimum Gasteiger partial charge on any atom is -0.319 e. The first-order valence-electron chi connectivity index (χ1n) is 10.2. The molecule has 2 N–H and O–H groups in total. The minimum atomic E-state index is -4.03. The van der Waals surface area contributed by atoms with Gasteiger partial charge in [-0.2, -0.15) is 5.10 Å². The van der Waals surface area contributed by atoms with Crippen LogP contribution in [0.15, 0.2) is 47.6 Å². The quantitative estimate of drug-likeness (QED) is 0.603. The summed E-state index contributed by atoms with van der Waals surface area (Å²) in [7, 11) is -4.03. The van der Waals surface area contributed by atoms with Crippen molar-refractivity contribution in [2.24, 2.45) is 5.73 Å². The van der Waals surface area contributed by atoms with E-state index in [2.05, 4.69) is 10.1 Å². The highest BCUT2D eigenvalue weighted by Gasteiger charge is 2.37. The number of carbonyl (C=O) groups excluding carboxylic acids is 1. The van der Waals surface area contributed by atoms with Gasteiger partial charge in [-0.3, -0.25) is 4.79 Å². The van der Waals surface area contributed by atoms with E-state index < -0.39 is 33.4 Å². The van der Waals surface area contributed by atoms with Crippen molar-refractivity contribution < 1.29 is 17.6 Å². The van der Waals surface area contributed by atoms with Gasteiger partial charge in [-0.1, -0.05) is 44.5 Å². The number of halogens is 2. The topological polar surface area (TPSA) is 111 Å². The molecular weight excluding hydrogens is 469 g/mol. The van der Waals surface area contributed by atoms with Crippen molar-refractivity contribution in [2.45, 2.75) is 43.7 Å². The summed E-state index contributed by atoms with van der Waals surface area (Å²) in [5, 5.41) is 4.87. The fourth-order valence-corrected chi connectivity index (χ4v) is 5.23. The number of carbonyl (C=O) groups is 1. The molecule has 8 nitrogen and oxygen atoms in total. The van der Waals surface area contributed by atoms with E-state index in [-0.39, 0.29) is 28.2 Å². The summed E-state index contributed by atoms with van der Waals surface area (Å²) >= 11 is 5.95. The predicted octanol–water partition coefficient (Wildman–Crippen LogP) is 3.01. The van der Waals surface area contributed by atoms with Crippen LogP contribution >= 0.6 is 11.6 Å². The van der Waals surface area contributed by atoms with Gasteiger partial charge in [0.05, 0.1) is 28.9 Å². The van der Waals surface area contributed by atoms with Crippen LogP contribution < -0.4 is 10.6 Å². The molecule has 174 valence electrons. The fraction of sp³-hybridized carbons (Fsp3) is 0.318. The molecule has 1 atom stereocenters. The molecule has 1 aliphatic heterocycles. The third-order valence-corrected chi connectivity index (χ3v) is 7.35. The van der Waals surface area contributed by atoms with E-state index >= 15 is 4.39 Å². The number of benzene rings is 2. The Morgan fingerprint density at radius 3 is 2.45 bits per heavy atom. The number of amides is 1. The average Bonchev–Trinajstić information content (AvgIpc) is 3.21. The van der Waals surface area contributed by atoms with Gasteiger partial charge in [-0.25, -0.2) is 22.5 Å². The van der Waals surface area contributed by atoms with E-state index in [1.165, 1.54) is 22.0 Å². The van der Waals surface area contributed by atoms with Gasteiger partial charge in [0, 0.05) is 10.4 Å². The van der Waals surface area contributed by atoms with Gasteiger partial charge >= 0.3 is 0 Å². The molecule has 11 heteroatoms. The second-order valence-corrected chi connectivity index (χ2v) is 11.4. The van der Waals surface area contributed by atoms with Crippen molar-refractivity contribution in [3.63, 3.8) is 0 Å². The Morgan fingerprint density at radius 2 is 1.85 bits per heavy atom. The monoisotopic (exact) mass is 491 g/mol. The first kappa shape index (κ1) is 23.3. The van der Waals surface area contributed by atoms with E-state index in [1.54, 1.807) is 24.3 Å². The molecule has 2 aromatic carbocycles. The fourth-order valence-electron chi connectivity index (χ4n) is 3.54. The molecular formula is C22H23ClFN5O3S. The minimum absolute atomic E-state index is 0.0297. The van der Waals surface area contributed by atoms with E-state index in [1.807, 2.05) is 20.8 Å². The lowest BCUT2D eigenvalue weighted by Gasteiger charge is -2.25. The number of rotatable bonds is 3. The Hall–Kier alpha value is -2.82. The summed E-state index contributed by atoms with van der Waals surface area (Å²) in [5.41, 5.74) is 6.26. The maximum Gasteiger partial charge on any atom is 0.245 e. The number of nitrogens with two attached hydrogens (primary N) is 1. The molecule has 3 aromatic rings. The Bertz CT molecular complexity index is 1330. The van der Waals surface area contributed by atoms with Crippen LogP contribution in [-0.4, -0.2) is 40.9 Å². The molecule has 0 bridgehead atoms. The third-order valence-electron chi connectivity index (χ3n) is 5.30. The predicted molar refractivity (Wildman–Crippen MR) is 123 cm³/mol. The van der Waals surface area contributed by atoms with Crippen molar-refractivity contribution in [1.29, 1.82) is 0 Å². The zero-order chi connectivity index (χ0) is 24.1. The molecule has 1 aliphatic rings. The SMILES string of the molecule is CC(C)(C)c1ncn(-c2cc3c(cc2F)S(=O)(=O)C[C@H](N)C(=O)N3Cc2ccc(Cl)cc2)n1. The van der Waals surface area contributed by atoms with Crippen molar-refractivity contribution in [1.82, 2.24) is 14.8 Å². The highest BCUT2D eigenvalue weighted by molar-refractivity contribution is 7.91. The molecule has 1 aromatic heterocycles. The third kappa shape index (κ3) is 4.50. The number of nitrogens with zero attached hydrogens (tertiary/aromatic N) is 4. The van der Waals surface area contributed by atoms with Gasteiger partial charge in [0.2, 0.25) is 5.91 Å². The Balaban J connectivity index is 1.89. The zero-order valence-electron chi connectivity index (χ0n) is 18.3. The van der Waals surface area contributed by atoms with Crippen LogP contribution in [0.5, 0.6) is 0 Å². The van der Waals surface area contributed by atoms with Gasteiger partial charge in [0.15, 0.2) is 15.7 Å². The molecule has 0 aliphatic carbocycles. The highest BCUT2D eigenvalue weighted by Crippen LogP contribution is 2.35. The highest BCUT2D eigenvalue weighted by atomic mass is 35.5. The molecule has 2 heterocycles.